The van der Waals surface area contributed by atoms with E-state index in [4.69, 9.17) is 16.3 Å². The van der Waals surface area contributed by atoms with Crippen molar-refractivity contribution >= 4 is 51.4 Å². The van der Waals surface area contributed by atoms with E-state index >= 15 is 0 Å². The number of halogens is 1. The van der Waals surface area contributed by atoms with E-state index in [0.717, 1.165) is 52.7 Å². The van der Waals surface area contributed by atoms with Gasteiger partial charge < -0.3 is 19.9 Å². The molecule has 168 valence electrons. The van der Waals surface area contributed by atoms with Crippen LogP contribution in [0.4, 0.5) is 10.8 Å². The minimum atomic E-state index is -0.0582. The number of carbonyl (C=O) groups excluding carboxylic acids is 1. The third-order valence-electron chi connectivity index (χ3n) is 5.13. The van der Waals surface area contributed by atoms with Crippen LogP contribution in [-0.2, 0) is 11.3 Å². The van der Waals surface area contributed by atoms with Crippen molar-refractivity contribution in [2.45, 2.75) is 10.9 Å². The zero-order valence-electron chi connectivity index (χ0n) is 17.7. The smallest absolute Gasteiger partial charge is 0.230 e. The summed E-state index contributed by atoms with van der Waals surface area (Å²) in [7, 11) is 1.70. The van der Waals surface area contributed by atoms with Gasteiger partial charge in [0.25, 0.3) is 0 Å². The lowest BCUT2D eigenvalue weighted by molar-refractivity contribution is -0.118. The van der Waals surface area contributed by atoms with Crippen LogP contribution in [0.3, 0.4) is 0 Å². The van der Waals surface area contributed by atoms with Crippen LogP contribution < -0.4 is 19.9 Å². The van der Waals surface area contributed by atoms with Gasteiger partial charge >= 0.3 is 0 Å². The molecule has 0 atom stereocenters. The summed E-state index contributed by atoms with van der Waals surface area (Å²) in [6.45, 7) is 3.89. The number of thioether (sulfide) groups is 1. The number of hydrogen-bond donors (Lipinski definition) is 1. The number of nitrogens with zero attached hydrogens (tertiary/aromatic N) is 4. The Morgan fingerprint density at radius 1 is 1.09 bits per heavy atom. The molecule has 2 heterocycles. The van der Waals surface area contributed by atoms with Crippen LogP contribution in [0.15, 0.2) is 52.9 Å². The van der Waals surface area contributed by atoms with Crippen molar-refractivity contribution in [1.29, 1.82) is 0 Å². The number of methoxy groups -OCH3 is 1. The topological polar surface area (TPSA) is 70.6 Å². The normalized spacial score (nSPS) is 13.8. The van der Waals surface area contributed by atoms with Crippen LogP contribution in [0.5, 0.6) is 5.75 Å². The highest BCUT2D eigenvalue weighted by atomic mass is 35.5. The highest BCUT2D eigenvalue weighted by Gasteiger charge is 2.22. The van der Waals surface area contributed by atoms with E-state index in [2.05, 4.69) is 31.4 Å². The van der Waals surface area contributed by atoms with Crippen LogP contribution in [0, 0.1) is 0 Å². The lowest BCUT2D eigenvalue weighted by Gasteiger charge is -2.36. The maximum absolute atomic E-state index is 12.2. The van der Waals surface area contributed by atoms with E-state index in [0.29, 0.717) is 17.3 Å². The maximum atomic E-state index is 12.2. The van der Waals surface area contributed by atoms with Gasteiger partial charge in [-0.25, -0.2) is 0 Å². The van der Waals surface area contributed by atoms with Crippen molar-refractivity contribution in [1.82, 2.24) is 15.5 Å². The number of rotatable bonds is 8. The maximum Gasteiger partial charge on any atom is 0.230 e. The fourth-order valence-corrected chi connectivity index (χ4v) is 5.36. The SMILES string of the molecule is COc1ccccc1N1CCN(c2nnc(SCC(=O)NCc3ccccc3Cl)s2)CC1. The van der Waals surface area contributed by atoms with Crippen LogP contribution in [0.1, 0.15) is 5.56 Å². The Hall–Kier alpha value is -2.49. The molecular formula is C22H24ClN5O2S2. The van der Waals surface area contributed by atoms with Gasteiger partial charge in [-0.05, 0) is 23.8 Å². The van der Waals surface area contributed by atoms with Crippen molar-refractivity contribution in [3.63, 3.8) is 0 Å². The van der Waals surface area contributed by atoms with E-state index in [9.17, 15) is 4.79 Å². The fraction of sp³-hybridized carbons (Fsp3) is 0.318. The van der Waals surface area contributed by atoms with Crippen molar-refractivity contribution in [3.8, 4) is 5.75 Å². The molecule has 3 aromatic rings. The highest BCUT2D eigenvalue weighted by Crippen LogP contribution is 2.31. The molecule has 2 aromatic carbocycles. The van der Waals surface area contributed by atoms with Crippen LogP contribution in [0.25, 0.3) is 0 Å². The second-order valence-corrected chi connectivity index (χ2v) is 9.74. The third-order valence-corrected chi connectivity index (χ3v) is 7.62. The number of piperazine rings is 1. The quantitative estimate of drug-likeness (QED) is 0.480. The van der Waals surface area contributed by atoms with E-state index in [1.807, 2.05) is 42.5 Å². The highest BCUT2D eigenvalue weighted by molar-refractivity contribution is 8.01. The summed E-state index contributed by atoms with van der Waals surface area (Å²) in [6.07, 6.45) is 0. The molecule has 0 saturated carbocycles. The van der Waals surface area contributed by atoms with Crippen LogP contribution in [-0.4, -0.2) is 55.1 Å². The van der Waals surface area contributed by atoms with Gasteiger partial charge in [0.1, 0.15) is 5.75 Å². The number of para-hydroxylation sites is 2. The van der Waals surface area contributed by atoms with E-state index in [1.165, 1.54) is 23.1 Å². The standard InChI is InChI=1S/C22H24ClN5O2S2/c1-30-19-9-5-4-8-18(19)27-10-12-28(13-11-27)21-25-26-22(32-21)31-15-20(29)24-14-16-6-2-3-7-17(16)23/h2-9H,10-15H2,1H3,(H,24,29). The summed E-state index contributed by atoms with van der Waals surface area (Å²) >= 11 is 9.06. The minimum Gasteiger partial charge on any atom is -0.495 e. The molecule has 1 N–H and O–H groups in total. The molecule has 0 spiro atoms. The zero-order chi connectivity index (χ0) is 22.3. The summed E-state index contributed by atoms with van der Waals surface area (Å²) in [4.78, 5) is 16.8. The van der Waals surface area contributed by atoms with Gasteiger partial charge in [-0.1, -0.05) is 65.0 Å². The van der Waals surface area contributed by atoms with Gasteiger partial charge in [-0.3, -0.25) is 4.79 Å². The average molecular weight is 490 g/mol. The molecule has 0 bridgehead atoms. The van der Waals surface area contributed by atoms with Crippen LogP contribution in [0.2, 0.25) is 5.02 Å². The summed E-state index contributed by atoms with van der Waals surface area (Å²) < 4.78 is 6.28. The van der Waals surface area contributed by atoms with Gasteiger partial charge in [-0.2, -0.15) is 0 Å². The van der Waals surface area contributed by atoms with Crippen molar-refractivity contribution in [2.75, 3.05) is 48.8 Å². The molecule has 1 aliphatic heterocycles. The molecule has 0 unspecified atom stereocenters. The number of nitrogens with one attached hydrogen (secondary N) is 1. The van der Waals surface area contributed by atoms with E-state index in [1.54, 1.807) is 7.11 Å². The summed E-state index contributed by atoms with van der Waals surface area (Å²) in [5.74, 6) is 1.13. The Balaban J connectivity index is 1.24. The molecule has 1 aliphatic rings. The van der Waals surface area contributed by atoms with Gasteiger partial charge in [-0.15, -0.1) is 10.2 Å². The average Bonchev–Trinajstić information content (AvgIpc) is 3.31. The number of carbonyl (C=O) groups is 1. The first kappa shape index (κ1) is 22.7. The Morgan fingerprint density at radius 3 is 2.59 bits per heavy atom. The monoisotopic (exact) mass is 489 g/mol. The molecule has 1 fully saturated rings. The molecule has 1 amide bonds. The van der Waals surface area contributed by atoms with E-state index < -0.39 is 0 Å². The Kier molecular flexibility index (Phi) is 7.72. The zero-order valence-corrected chi connectivity index (χ0v) is 20.1. The van der Waals surface area contributed by atoms with Crippen molar-refractivity contribution < 1.29 is 9.53 Å². The second kappa shape index (κ2) is 10.9. The first-order chi connectivity index (χ1) is 15.6. The predicted molar refractivity (Wildman–Crippen MR) is 131 cm³/mol. The molecular weight excluding hydrogens is 466 g/mol. The molecule has 32 heavy (non-hydrogen) atoms. The number of hydrogen-bond acceptors (Lipinski definition) is 8. The largest absolute Gasteiger partial charge is 0.495 e. The van der Waals surface area contributed by atoms with Crippen molar-refractivity contribution in [2.24, 2.45) is 0 Å². The lowest BCUT2D eigenvalue weighted by Crippen LogP contribution is -2.46. The fourth-order valence-electron chi connectivity index (χ4n) is 3.43. The molecule has 10 heteroatoms. The number of ether oxygens (including phenoxy) is 1. The molecule has 0 radical (unpaired) electrons. The summed E-state index contributed by atoms with van der Waals surface area (Å²) in [6, 6.07) is 15.6. The second-order valence-electron chi connectivity index (χ2n) is 7.15. The number of anilines is 2. The van der Waals surface area contributed by atoms with E-state index in [-0.39, 0.29) is 5.91 Å². The van der Waals surface area contributed by atoms with Crippen molar-refractivity contribution in [3.05, 3.63) is 59.1 Å². The molecule has 1 aromatic heterocycles. The van der Waals surface area contributed by atoms with Gasteiger partial charge in [0.15, 0.2) is 4.34 Å². The number of benzene rings is 2. The third kappa shape index (κ3) is 5.65. The summed E-state index contributed by atoms with van der Waals surface area (Å²) in [5, 5.41) is 13.0. The molecule has 7 nitrogen and oxygen atoms in total. The molecule has 1 saturated heterocycles. The molecule has 0 aliphatic carbocycles. The first-order valence-corrected chi connectivity index (χ1v) is 12.4. The molecule has 4 rings (SSSR count). The number of amides is 1. The summed E-state index contributed by atoms with van der Waals surface area (Å²) in [5.41, 5.74) is 2.02. The Bertz CT molecular complexity index is 1060. The number of aromatic nitrogens is 2. The minimum absolute atomic E-state index is 0.0582. The van der Waals surface area contributed by atoms with Gasteiger partial charge in [0.05, 0.1) is 18.6 Å². The van der Waals surface area contributed by atoms with Gasteiger partial charge in [0.2, 0.25) is 11.0 Å². The first-order valence-electron chi connectivity index (χ1n) is 10.2. The predicted octanol–water partition coefficient (Wildman–Crippen LogP) is 3.94. The Labute approximate surface area is 200 Å². The Morgan fingerprint density at radius 2 is 1.81 bits per heavy atom. The van der Waals surface area contributed by atoms with Gasteiger partial charge in [0, 0.05) is 37.7 Å². The van der Waals surface area contributed by atoms with Crippen LogP contribution >= 0.6 is 34.7 Å². The lowest BCUT2D eigenvalue weighted by atomic mass is 10.2.